The number of pyridine rings is 3. The van der Waals surface area contributed by atoms with Crippen molar-refractivity contribution in [2.75, 3.05) is 5.32 Å². The largest absolute Gasteiger partial charge is 0.475 e. The maximum absolute atomic E-state index is 14.7. The summed E-state index contributed by atoms with van der Waals surface area (Å²) in [5.41, 5.74) is 4.29. The van der Waals surface area contributed by atoms with Crippen molar-refractivity contribution in [1.82, 2.24) is 19.9 Å². The normalized spacial score (nSPS) is 11.2. The Morgan fingerprint density at radius 2 is 2.00 bits per heavy atom. The van der Waals surface area contributed by atoms with Gasteiger partial charge in [0.25, 0.3) is 0 Å². The van der Waals surface area contributed by atoms with Gasteiger partial charge in [0.2, 0.25) is 11.8 Å². The quantitative estimate of drug-likeness (QED) is 0.432. The lowest BCUT2D eigenvalue weighted by Crippen LogP contribution is -2.11. The Balaban J connectivity index is 1.48. The molecule has 2 N–H and O–H groups in total. The number of aryl methyl sites for hydroxylation is 1. The van der Waals surface area contributed by atoms with Crippen LogP contribution in [0.5, 0.6) is 5.88 Å². The fraction of sp³-hybridized carbons (Fsp3) is 0.261. The molecular formula is C23H24FN5O. The Bertz CT molecular complexity index is 1170. The molecule has 0 saturated heterocycles. The highest BCUT2D eigenvalue weighted by molar-refractivity contribution is 5.80. The van der Waals surface area contributed by atoms with Crippen molar-refractivity contribution < 1.29 is 9.13 Å². The predicted octanol–water partition coefficient (Wildman–Crippen LogP) is 4.79. The number of aromatic amines is 1. The highest BCUT2D eigenvalue weighted by Gasteiger charge is 2.12. The number of ether oxygens (including phenoxy) is 1. The first kappa shape index (κ1) is 19.8. The molecule has 6 nitrogen and oxygen atoms in total. The molecule has 0 aliphatic heterocycles. The molecule has 0 saturated carbocycles. The summed E-state index contributed by atoms with van der Waals surface area (Å²) in [4.78, 5) is 15.9. The number of hydrogen-bond donors (Lipinski definition) is 2. The van der Waals surface area contributed by atoms with Gasteiger partial charge in [-0.3, -0.25) is 0 Å². The summed E-state index contributed by atoms with van der Waals surface area (Å²) in [6.07, 6.45) is 5.85. The van der Waals surface area contributed by atoms with Crippen LogP contribution in [0.1, 0.15) is 36.1 Å². The summed E-state index contributed by atoms with van der Waals surface area (Å²) in [6.45, 7) is 6.33. The van der Waals surface area contributed by atoms with E-state index in [1.807, 2.05) is 45.3 Å². The molecule has 4 rings (SSSR count). The van der Waals surface area contributed by atoms with Gasteiger partial charge in [-0.1, -0.05) is 12.1 Å². The third-order valence-electron chi connectivity index (χ3n) is 4.72. The molecule has 0 aliphatic rings. The summed E-state index contributed by atoms with van der Waals surface area (Å²) in [5.74, 6) is 0.548. The topological polar surface area (TPSA) is 75.7 Å². The maximum atomic E-state index is 14.7. The number of nitrogens with zero attached hydrogens (tertiary/aromatic N) is 3. The standard InChI is InChI=1S/C23H24FN5O/c1-14(2)30-23-17(5-4-8-25-23)12-26-20-7-6-16(21(24)29-20)10-18-13-28-22-19(18)9-15(3)11-27-22/h4-9,11,13-14H,10,12H2,1-3H3,(H,26,29)(H,27,28). The van der Waals surface area contributed by atoms with Gasteiger partial charge in [0, 0.05) is 48.1 Å². The lowest BCUT2D eigenvalue weighted by atomic mass is 10.1. The zero-order valence-electron chi connectivity index (χ0n) is 17.2. The van der Waals surface area contributed by atoms with Gasteiger partial charge in [0.1, 0.15) is 11.5 Å². The zero-order valence-corrected chi connectivity index (χ0v) is 17.2. The molecule has 0 atom stereocenters. The van der Waals surface area contributed by atoms with Crippen molar-refractivity contribution in [2.24, 2.45) is 0 Å². The van der Waals surface area contributed by atoms with Crippen LogP contribution in [0.3, 0.4) is 0 Å². The summed E-state index contributed by atoms with van der Waals surface area (Å²) >= 11 is 0. The highest BCUT2D eigenvalue weighted by atomic mass is 19.1. The second-order valence-electron chi connectivity index (χ2n) is 7.53. The highest BCUT2D eigenvalue weighted by Crippen LogP contribution is 2.23. The number of fused-ring (bicyclic) bond motifs is 1. The molecule has 0 bridgehead atoms. The van der Waals surface area contributed by atoms with E-state index in [4.69, 9.17) is 4.74 Å². The van der Waals surface area contributed by atoms with Gasteiger partial charge in [-0.05, 0) is 50.1 Å². The molecule has 4 aromatic rings. The Hall–Kier alpha value is -3.48. The van der Waals surface area contributed by atoms with Crippen molar-refractivity contribution in [3.63, 3.8) is 0 Å². The number of H-pyrrole nitrogens is 1. The first-order valence-electron chi connectivity index (χ1n) is 9.92. The minimum Gasteiger partial charge on any atom is -0.475 e. The lowest BCUT2D eigenvalue weighted by Gasteiger charge is -2.13. The minimum atomic E-state index is -0.486. The van der Waals surface area contributed by atoms with E-state index in [0.717, 1.165) is 27.7 Å². The Kier molecular flexibility index (Phi) is 5.61. The fourth-order valence-corrected chi connectivity index (χ4v) is 3.28. The SMILES string of the molecule is Cc1cnc2[nH]cc(Cc3ccc(NCc4cccnc4OC(C)C)nc3F)c2c1. The molecular weight excluding hydrogens is 381 g/mol. The number of halogens is 1. The summed E-state index contributed by atoms with van der Waals surface area (Å²) in [5, 5.41) is 4.16. The summed E-state index contributed by atoms with van der Waals surface area (Å²) < 4.78 is 20.4. The van der Waals surface area contributed by atoms with Gasteiger partial charge in [-0.2, -0.15) is 4.39 Å². The minimum absolute atomic E-state index is 0.0250. The van der Waals surface area contributed by atoms with Crippen LogP contribution in [0.4, 0.5) is 10.2 Å². The number of aromatic nitrogens is 4. The first-order chi connectivity index (χ1) is 14.5. The van der Waals surface area contributed by atoms with E-state index in [1.54, 1.807) is 18.3 Å². The van der Waals surface area contributed by atoms with Crippen molar-refractivity contribution in [3.8, 4) is 5.88 Å². The van der Waals surface area contributed by atoms with Crippen LogP contribution < -0.4 is 10.1 Å². The lowest BCUT2D eigenvalue weighted by molar-refractivity contribution is 0.230. The number of rotatable bonds is 7. The van der Waals surface area contributed by atoms with Crippen LogP contribution in [-0.4, -0.2) is 26.0 Å². The molecule has 4 heterocycles. The van der Waals surface area contributed by atoms with E-state index in [9.17, 15) is 4.39 Å². The van der Waals surface area contributed by atoms with E-state index in [0.29, 0.717) is 30.2 Å². The van der Waals surface area contributed by atoms with Crippen LogP contribution in [0.2, 0.25) is 0 Å². The van der Waals surface area contributed by atoms with Gasteiger partial charge >= 0.3 is 0 Å². The van der Waals surface area contributed by atoms with Crippen molar-refractivity contribution in [1.29, 1.82) is 0 Å². The van der Waals surface area contributed by atoms with Gasteiger partial charge in [-0.25, -0.2) is 15.0 Å². The zero-order chi connectivity index (χ0) is 21.1. The molecule has 154 valence electrons. The Labute approximate surface area is 174 Å². The van der Waals surface area contributed by atoms with E-state index in [-0.39, 0.29) is 6.10 Å². The van der Waals surface area contributed by atoms with Crippen molar-refractivity contribution >= 4 is 16.9 Å². The Morgan fingerprint density at radius 3 is 2.80 bits per heavy atom. The molecule has 4 aromatic heterocycles. The predicted molar refractivity (Wildman–Crippen MR) is 115 cm³/mol. The first-order valence-corrected chi connectivity index (χ1v) is 9.92. The van der Waals surface area contributed by atoms with Gasteiger partial charge in [-0.15, -0.1) is 0 Å². The summed E-state index contributed by atoms with van der Waals surface area (Å²) in [6, 6.07) is 9.38. The second-order valence-corrected chi connectivity index (χ2v) is 7.53. The van der Waals surface area contributed by atoms with E-state index in [2.05, 4.69) is 31.3 Å². The van der Waals surface area contributed by atoms with Crippen LogP contribution in [0.25, 0.3) is 11.0 Å². The van der Waals surface area contributed by atoms with Gasteiger partial charge in [0.05, 0.1) is 6.10 Å². The Morgan fingerprint density at radius 1 is 1.13 bits per heavy atom. The molecule has 0 unspecified atom stereocenters. The molecule has 0 spiro atoms. The van der Waals surface area contributed by atoms with E-state index < -0.39 is 5.95 Å². The monoisotopic (exact) mass is 405 g/mol. The number of nitrogens with one attached hydrogen (secondary N) is 2. The number of anilines is 1. The van der Waals surface area contributed by atoms with Crippen LogP contribution >= 0.6 is 0 Å². The molecule has 30 heavy (non-hydrogen) atoms. The molecule has 0 fully saturated rings. The summed E-state index contributed by atoms with van der Waals surface area (Å²) in [7, 11) is 0. The van der Waals surface area contributed by atoms with Gasteiger partial charge in [0.15, 0.2) is 0 Å². The molecule has 7 heteroatoms. The van der Waals surface area contributed by atoms with Crippen molar-refractivity contribution in [2.45, 2.75) is 39.8 Å². The average Bonchev–Trinajstić information content (AvgIpc) is 3.10. The average molecular weight is 405 g/mol. The van der Waals surface area contributed by atoms with Crippen LogP contribution in [0.15, 0.2) is 48.9 Å². The molecule has 0 radical (unpaired) electrons. The smallest absolute Gasteiger partial charge is 0.218 e. The van der Waals surface area contributed by atoms with Crippen LogP contribution in [-0.2, 0) is 13.0 Å². The fourth-order valence-electron chi connectivity index (χ4n) is 3.28. The third kappa shape index (κ3) is 4.40. The van der Waals surface area contributed by atoms with E-state index in [1.165, 1.54) is 0 Å². The maximum Gasteiger partial charge on any atom is 0.218 e. The molecule has 0 aromatic carbocycles. The molecule has 0 aliphatic carbocycles. The van der Waals surface area contributed by atoms with Crippen LogP contribution in [0, 0.1) is 12.9 Å². The molecule has 0 amide bonds. The number of hydrogen-bond acceptors (Lipinski definition) is 5. The second kappa shape index (κ2) is 8.49. The third-order valence-corrected chi connectivity index (χ3v) is 4.72. The van der Waals surface area contributed by atoms with E-state index >= 15 is 0 Å². The van der Waals surface area contributed by atoms with Crippen molar-refractivity contribution in [3.05, 3.63) is 77.1 Å². The van der Waals surface area contributed by atoms with Gasteiger partial charge < -0.3 is 15.0 Å².